The van der Waals surface area contributed by atoms with E-state index in [-0.39, 0.29) is 15.8 Å². The fourth-order valence-corrected chi connectivity index (χ4v) is 4.75. The molecule has 2 N–H and O–H groups in total. The van der Waals surface area contributed by atoms with Crippen molar-refractivity contribution in [2.45, 2.75) is 35.0 Å². The van der Waals surface area contributed by atoms with Gasteiger partial charge in [0, 0.05) is 0 Å². The molecular weight excluding hydrogens is 479 g/mol. The van der Waals surface area contributed by atoms with E-state index in [1.807, 2.05) is 6.92 Å². The maximum absolute atomic E-state index is 13.0. The number of carbonyl (C=O) groups is 1. The average Bonchev–Trinajstić information content (AvgIpc) is 2.73. The van der Waals surface area contributed by atoms with Crippen LogP contribution in [0.15, 0.2) is 68.4 Å². The first-order valence-corrected chi connectivity index (χ1v) is 11.9. The number of aromatic amines is 1. The minimum absolute atomic E-state index is 0.0546. The van der Waals surface area contributed by atoms with Crippen molar-refractivity contribution in [3.05, 3.63) is 75.7 Å². The number of halogens is 3. The van der Waals surface area contributed by atoms with Crippen LogP contribution in [0.3, 0.4) is 0 Å². The predicted molar refractivity (Wildman–Crippen MR) is 117 cm³/mol. The van der Waals surface area contributed by atoms with E-state index in [0.29, 0.717) is 0 Å². The number of sulfone groups is 1. The van der Waals surface area contributed by atoms with E-state index in [0.717, 1.165) is 41.2 Å². The van der Waals surface area contributed by atoms with Gasteiger partial charge in [-0.2, -0.15) is 13.2 Å². The molecular formula is C21H18F3N3O4S2. The summed E-state index contributed by atoms with van der Waals surface area (Å²) in [7, 11) is -4.12. The van der Waals surface area contributed by atoms with Gasteiger partial charge < -0.3 is 10.3 Å². The topological polar surface area (TPSA) is 109 Å². The molecule has 0 atom stereocenters. The number of alkyl halides is 3. The lowest BCUT2D eigenvalue weighted by atomic mass is 10.1. The Labute approximate surface area is 191 Å². The molecule has 0 unspecified atom stereocenters. The van der Waals surface area contributed by atoms with Crippen LogP contribution in [0.5, 0.6) is 0 Å². The minimum atomic E-state index is -4.64. The van der Waals surface area contributed by atoms with Gasteiger partial charge in [0.15, 0.2) is 10.1 Å². The van der Waals surface area contributed by atoms with Crippen LogP contribution in [0.1, 0.15) is 16.7 Å². The Morgan fingerprint density at radius 3 is 2.45 bits per heavy atom. The Morgan fingerprint density at radius 2 is 1.82 bits per heavy atom. The summed E-state index contributed by atoms with van der Waals surface area (Å²) >= 11 is 0.740. The zero-order valence-corrected chi connectivity index (χ0v) is 19.0. The summed E-state index contributed by atoms with van der Waals surface area (Å²) in [5, 5.41) is 2.12. The zero-order chi connectivity index (χ0) is 24.4. The van der Waals surface area contributed by atoms with Crippen LogP contribution < -0.4 is 10.9 Å². The quantitative estimate of drug-likeness (QED) is 0.394. The highest BCUT2D eigenvalue weighted by Gasteiger charge is 2.33. The van der Waals surface area contributed by atoms with Gasteiger partial charge >= 0.3 is 6.18 Å². The largest absolute Gasteiger partial charge is 0.418 e. The lowest BCUT2D eigenvalue weighted by molar-refractivity contribution is -0.137. The van der Waals surface area contributed by atoms with Gasteiger partial charge in [0.2, 0.25) is 15.7 Å². The molecule has 174 valence electrons. The smallest absolute Gasteiger partial charge is 0.325 e. The van der Waals surface area contributed by atoms with Crippen molar-refractivity contribution in [1.29, 1.82) is 0 Å². The van der Waals surface area contributed by atoms with Gasteiger partial charge in [0.1, 0.15) is 0 Å². The Balaban J connectivity index is 1.73. The van der Waals surface area contributed by atoms with Crippen molar-refractivity contribution < 1.29 is 26.4 Å². The molecule has 2 aromatic carbocycles. The first-order valence-electron chi connectivity index (χ1n) is 9.40. The van der Waals surface area contributed by atoms with Crippen molar-refractivity contribution in [2.75, 3.05) is 11.1 Å². The fraction of sp³-hybridized carbons (Fsp3) is 0.190. The van der Waals surface area contributed by atoms with Crippen molar-refractivity contribution in [3.8, 4) is 0 Å². The molecule has 0 bridgehead atoms. The highest BCUT2D eigenvalue weighted by molar-refractivity contribution is 7.99. The first-order chi connectivity index (χ1) is 15.4. The Hall–Kier alpha value is -3.12. The molecule has 1 amide bonds. The van der Waals surface area contributed by atoms with E-state index < -0.39 is 43.6 Å². The third-order valence-corrected chi connectivity index (χ3v) is 7.30. The summed E-state index contributed by atoms with van der Waals surface area (Å²) < 4.78 is 64.7. The van der Waals surface area contributed by atoms with E-state index in [9.17, 15) is 31.2 Å². The number of amides is 1. The maximum atomic E-state index is 13.0. The van der Waals surface area contributed by atoms with Gasteiger partial charge in [-0.3, -0.25) is 9.59 Å². The number of anilines is 1. The normalized spacial score (nSPS) is 11.9. The first kappa shape index (κ1) is 24.5. The number of hydrogen-bond donors (Lipinski definition) is 2. The lowest BCUT2D eigenvalue weighted by Gasteiger charge is -2.13. The van der Waals surface area contributed by atoms with Gasteiger partial charge in [0.05, 0.1) is 28.1 Å². The Bertz CT molecular complexity index is 1370. The Morgan fingerprint density at radius 1 is 1.12 bits per heavy atom. The molecule has 0 saturated carbocycles. The van der Waals surface area contributed by atoms with Crippen LogP contribution in [0, 0.1) is 13.8 Å². The third-order valence-electron chi connectivity index (χ3n) is 4.67. The predicted octanol–water partition coefficient (Wildman–Crippen LogP) is 3.97. The number of hydrogen-bond acceptors (Lipinski definition) is 6. The average molecular weight is 498 g/mol. The second kappa shape index (κ2) is 9.40. The van der Waals surface area contributed by atoms with E-state index >= 15 is 0 Å². The van der Waals surface area contributed by atoms with Crippen LogP contribution in [-0.2, 0) is 20.8 Å². The number of aryl methyl sites for hydroxylation is 2. The van der Waals surface area contributed by atoms with E-state index in [2.05, 4.69) is 15.3 Å². The molecule has 0 aliphatic heterocycles. The minimum Gasteiger partial charge on any atom is -0.325 e. The van der Waals surface area contributed by atoms with Gasteiger partial charge in [-0.25, -0.2) is 13.4 Å². The van der Waals surface area contributed by atoms with Crippen LogP contribution in [0.4, 0.5) is 18.9 Å². The standard InChI is InChI=1S/C21H18F3N3O4S2/c1-12-7-8-14(9-13(12)2)33(30,31)17-10-25-20(27-19(17)29)32-11-18(28)26-16-6-4-3-5-15(16)21(22,23)24/h3-10H,11H2,1-2H3,(H,26,28)(H,25,27,29). The molecule has 0 fully saturated rings. The van der Waals surface area contributed by atoms with Gasteiger partial charge in [-0.1, -0.05) is 30.0 Å². The number of aromatic nitrogens is 2. The molecule has 33 heavy (non-hydrogen) atoms. The molecule has 0 aliphatic carbocycles. The van der Waals surface area contributed by atoms with Crippen LogP contribution in [0.2, 0.25) is 0 Å². The number of thioether (sulfide) groups is 1. The summed E-state index contributed by atoms with van der Waals surface area (Å²) in [5.41, 5.74) is -0.675. The van der Waals surface area contributed by atoms with Crippen molar-refractivity contribution >= 4 is 33.2 Å². The van der Waals surface area contributed by atoms with Gasteiger partial charge in [-0.05, 0) is 49.2 Å². The third kappa shape index (κ3) is 5.63. The number of para-hydroxylation sites is 1. The molecule has 1 heterocycles. The summed E-state index contributed by atoms with van der Waals surface area (Å²) in [6.45, 7) is 3.57. The molecule has 3 aromatic rings. The Kier molecular flexibility index (Phi) is 6.98. The second-order valence-corrected chi connectivity index (χ2v) is 9.89. The molecule has 3 rings (SSSR count). The molecule has 0 spiro atoms. The summed E-state index contributed by atoms with van der Waals surface area (Å²) in [6.07, 6.45) is -3.75. The lowest BCUT2D eigenvalue weighted by Crippen LogP contribution is -2.21. The van der Waals surface area contributed by atoms with E-state index in [1.165, 1.54) is 24.3 Å². The summed E-state index contributed by atoms with van der Waals surface area (Å²) in [5.74, 6) is -1.12. The monoisotopic (exact) mass is 497 g/mol. The highest BCUT2D eigenvalue weighted by atomic mass is 32.2. The summed E-state index contributed by atoms with van der Waals surface area (Å²) in [4.78, 5) is 30.0. The van der Waals surface area contributed by atoms with Crippen molar-refractivity contribution in [1.82, 2.24) is 9.97 Å². The summed E-state index contributed by atoms with van der Waals surface area (Å²) in [6, 6.07) is 9.00. The molecule has 0 aliphatic rings. The van der Waals surface area contributed by atoms with Crippen LogP contribution in [0.25, 0.3) is 0 Å². The molecule has 7 nitrogen and oxygen atoms in total. The fourth-order valence-electron chi connectivity index (χ4n) is 2.80. The van der Waals surface area contributed by atoms with Crippen molar-refractivity contribution in [2.24, 2.45) is 0 Å². The van der Waals surface area contributed by atoms with Crippen LogP contribution >= 0.6 is 11.8 Å². The number of carbonyl (C=O) groups excluding carboxylic acids is 1. The number of H-pyrrole nitrogens is 1. The maximum Gasteiger partial charge on any atom is 0.418 e. The van der Waals surface area contributed by atoms with Crippen LogP contribution in [-0.4, -0.2) is 30.0 Å². The van der Waals surface area contributed by atoms with Gasteiger partial charge in [0.25, 0.3) is 5.56 Å². The molecule has 0 radical (unpaired) electrons. The SMILES string of the molecule is Cc1ccc(S(=O)(=O)c2cnc(SCC(=O)Nc3ccccc3C(F)(F)F)[nH]c2=O)cc1C. The van der Waals surface area contributed by atoms with E-state index in [1.54, 1.807) is 13.0 Å². The van der Waals surface area contributed by atoms with Crippen molar-refractivity contribution in [3.63, 3.8) is 0 Å². The molecule has 12 heteroatoms. The second-order valence-electron chi connectivity index (χ2n) is 7.01. The van der Waals surface area contributed by atoms with Gasteiger partial charge in [-0.15, -0.1) is 0 Å². The molecule has 0 saturated heterocycles. The highest BCUT2D eigenvalue weighted by Crippen LogP contribution is 2.34. The number of rotatable bonds is 6. The van der Waals surface area contributed by atoms with E-state index in [4.69, 9.17) is 0 Å². The molecule has 1 aromatic heterocycles. The number of nitrogens with one attached hydrogen (secondary N) is 2. The number of nitrogens with zero attached hydrogens (tertiary/aromatic N) is 1. The number of benzene rings is 2. The zero-order valence-electron chi connectivity index (χ0n) is 17.4.